The van der Waals surface area contributed by atoms with Crippen molar-refractivity contribution in [2.24, 2.45) is 0 Å². The molecule has 4 aromatic carbocycles. The fraction of sp³-hybridized carbons (Fsp3) is 0.194. The first kappa shape index (κ1) is 29.5. The number of hydrogen-bond donors (Lipinski definition) is 0. The van der Waals surface area contributed by atoms with Crippen molar-refractivity contribution in [3.05, 3.63) is 155 Å². The molecule has 0 N–H and O–H groups in total. The predicted molar refractivity (Wildman–Crippen MR) is 159 cm³/mol. The molecule has 0 bridgehead atoms. The van der Waals surface area contributed by atoms with Crippen molar-refractivity contribution in [3.8, 4) is 5.69 Å². The number of nitrogens with zero attached hydrogens (tertiary/aromatic N) is 1. The van der Waals surface area contributed by atoms with Crippen LogP contribution in [0.5, 0.6) is 0 Å². The van der Waals surface area contributed by atoms with Gasteiger partial charge in [0, 0.05) is 12.4 Å². The summed E-state index contributed by atoms with van der Waals surface area (Å²) in [6.07, 6.45) is 12.8. The monoisotopic (exact) mass is 573 g/mol. The van der Waals surface area contributed by atoms with Gasteiger partial charge in [0.15, 0.2) is 0 Å². The van der Waals surface area contributed by atoms with E-state index < -0.39 is 0 Å². The van der Waals surface area contributed by atoms with Crippen LogP contribution in [-0.4, -0.2) is 4.57 Å². The van der Waals surface area contributed by atoms with E-state index in [1.54, 1.807) is 0 Å². The van der Waals surface area contributed by atoms with Gasteiger partial charge < -0.3 is 4.57 Å². The summed E-state index contributed by atoms with van der Waals surface area (Å²) in [7, 11) is 0. The van der Waals surface area contributed by atoms with Crippen molar-refractivity contribution in [3.63, 3.8) is 0 Å². The quantitative estimate of drug-likeness (QED) is 0.188. The number of fused-ring (bicyclic) bond motifs is 1. The average molecular weight is 575 g/mol. The zero-order valence-electron chi connectivity index (χ0n) is 23.0. The van der Waals surface area contributed by atoms with Gasteiger partial charge in [0.05, 0.1) is 0 Å². The van der Waals surface area contributed by atoms with E-state index in [1.807, 2.05) is 0 Å². The van der Waals surface area contributed by atoms with Gasteiger partial charge in [-0.3, -0.25) is 6.08 Å². The minimum atomic E-state index is 0. The number of benzene rings is 3. The maximum Gasteiger partial charge on any atom is 2.00 e. The summed E-state index contributed by atoms with van der Waals surface area (Å²) in [4.78, 5) is 0. The molecule has 0 fully saturated rings. The molecule has 2 heteroatoms. The molecule has 1 heterocycles. The molecule has 1 aromatic heterocycles. The Morgan fingerprint density at radius 3 is 1.71 bits per heavy atom. The standard InChI is InChI=1S/C15H14N.C14H14.C7H9.Zr/c1-11-5-6-12(2)15-10-13(9-14(11)15)16-7-3-4-8-16;1-3-7-13(8-4-1)11-12-14-9-5-2-6-10-14;1-6-4-3-5-7(6)2;/h3-10H,1-2H3;1-10H,11-12H2;4H,3H2,1-2H3;/q-1;;-1;+2. The largest absolute Gasteiger partial charge is 2.00 e. The molecule has 1 aliphatic carbocycles. The number of rotatable bonds is 4. The van der Waals surface area contributed by atoms with E-state index in [1.165, 1.54) is 49.9 Å². The first-order valence-corrected chi connectivity index (χ1v) is 13.1. The van der Waals surface area contributed by atoms with Crippen molar-refractivity contribution in [1.29, 1.82) is 0 Å². The van der Waals surface area contributed by atoms with E-state index >= 15 is 0 Å². The maximum atomic E-state index is 3.19. The molecule has 0 atom stereocenters. The van der Waals surface area contributed by atoms with Crippen LogP contribution in [0.1, 0.15) is 42.5 Å². The smallest absolute Gasteiger partial charge is 0.342 e. The van der Waals surface area contributed by atoms with Gasteiger partial charge in [-0.2, -0.15) is 6.08 Å². The van der Waals surface area contributed by atoms with Gasteiger partial charge in [0.1, 0.15) is 0 Å². The van der Waals surface area contributed by atoms with Crippen molar-refractivity contribution < 1.29 is 26.2 Å². The Bertz CT molecular complexity index is 1360. The summed E-state index contributed by atoms with van der Waals surface area (Å²) >= 11 is 0. The van der Waals surface area contributed by atoms with Crippen LogP contribution in [0.4, 0.5) is 0 Å². The first-order chi connectivity index (χ1) is 18.0. The fourth-order valence-electron chi connectivity index (χ4n) is 4.46. The van der Waals surface area contributed by atoms with Crippen LogP contribution in [0.3, 0.4) is 0 Å². The van der Waals surface area contributed by atoms with Gasteiger partial charge in [0.2, 0.25) is 0 Å². The third-order valence-corrected chi connectivity index (χ3v) is 6.97. The SMILES string of the molecule is CC1=[C-]CC=C1C.Cc1ccc(C)c2[cH-]c(-n3cccc3)cc12.[Zr+2].c1ccc(CCc2ccccc2)cc1. The molecule has 0 amide bonds. The summed E-state index contributed by atoms with van der Waals surface area (Å²) in [5.74, 6) is 0. The molecule has 0 unspecified atom stereocenters. The molecule has 0 aliphatic heterocycles. The maximum absolute atomic E-state index is 3.19. The summed E-state index contributed by atoms with van der Waals surface area (Å²) in [5, 5.41) is 2.73. The summed E-state index contributed by atoms with van der Waals surface area (Å²) in [5.41, 5.74) is 9.48. The van der Waals surface area contributed by atoms with Gasteiger partial charge >= 0.3 is 26.2 Å². The topological polar surface area (TPSA) is 4.93 Å². The molecular weight excluding hydrogens is 538 g/mol. The summed E-state index contributed by atoms with van der Waals surface area (Å²) in [6.45, 7) is 8.55. The Hall–Kier alpha value is -3.09. The first-order valence-electron chi connectivity index (χ1n) is 13.1. The van der Waals surface area contributed by atoms with Crippen LogP contribution < -0.4 is 0 Å². The van der Waals surface area contributed by atoms with E-state index in [9.17, 15) is 0 Å². The van der Waals surface area contributed by atoms with Crippen LogP contribution in [0.25, 0.3) is 16.5 Å². The normalized spacial score (nSPS) is 11.9. The molecule has 0 saturated carbocycles. The number of hydrogen-bond acceptors (Lipinski definition) is 0. The Morgan fingerprint density at radius 2 is 1.26 bits per heavy atom. The molecule has 0 saturated heterocycles. The minimum Gasteiger partial charge on any atom is -0.342 e. The van der Waals surface area contributed by atoms with Gasteiger partial charge in [-0.15, -0.1) is 47.9 Å². The molecule has 1 aliphatic rings. The minimum absolute atomic E-state index is 0. The molecule has 1 nitrogen and oxygen atoms in total. The average Bonchev–Trinajstić information content (AvgIpc) is 3.69. The fourth-order valence-corrected chi connectivity index (χ4v) is 4.46. The van der Waals surface area contributed by atoms with Crippen LogP contribution in [0.2, 0.25) is 0 Å². The molecule has 6 rings (SSSR count). The molecule has 190 valence electrons. The zero-order chi connectivity index (χ0) is 26.0. The van der Waals surface area contributed by atoms with Crippen LogP contribution >= 0.6 is 0 Å². The summed E-state index contributed by atoms with van der Waals surface area (Å²) < 4.78 is 2.15. The van der Waals surface area contributed by atoms with Gasteiger partial charge in [-0.1, -0.05) is 86.1 Å². The Kier molecular flexibility index (Phi) is 11.4. The molecule has 0 spiro atoms. The van der Waals surface area contributed by atoms with Crippen LogP contribution in [0.15, 0.2) is 127 Å². The zero-order valence-corrected chi connectivity index (χ0v) is 25.5. The van der Waals surface area contributed by atoms with E-state index in [0.717, 1.165) is 19.3 Å². The van der Waals surface area contributed by atoms with E-state index in [4.69, 9.17) is 0 Å². The molecule has 38 heavy (non-hydrogen) atoms. The molecule has 5 aromatic rings. The van der Waals surface area contributed by atoms with Crippen LogP contribution in [-0.2, 0) is 39.0 Å². The van der Waals surface area contributed by atoms with Gasteiger partial charge in [-0.25, -0.2) is 11.1 Å². The van der Waals surface area contributed by atoms with Crippen molar-refractivity contribution in [2.75, 3.05) is 0 Å². The Morgan fingerprint density at radius 1 is 0.711 bits per heavy atom. The van der Waals surface area contributed by atoms with E-state index in [-0.39, 0.29) is 26.2 Å². The molecular formula is C36H37NZr. The van der Waals surface area contributed by atoms with Crippen molar-refractivity contribution in [2.45, 2.75) is 47.0 Å². The van der Waals surface area contributed by atoms with Gasteiger partial charge in [0.25, 0.3) is 0 Å². The summed E-state index contributed by atoms with van der Waals surface area (Å²) in [6, 6.07) is 34.3. The predicted octanol–water partition coefficient (Wildman–Crippen LogP) is 9.52. The van der Waals surface area contributed by atoms with Crippen LogP contribution in [0, 0.1) is 19.9 Å². The van der Waals surface area contributed by atoms with E-state index in [0.29, 0.717) is 0 Å². The second-order valence-electron chi connectivity index (χ2n) is 9.69. The number of aryl methyl sites for hydroxylation is 4. The Labute approximate surface area is 248 Å². The van der Waals surface area contributed by atoms with Crippen molar-refractivity contribution >= 4 is 10.8 Å². The Balaban J connectivity index is 0.000000167. The second kappa shape index (κ2) is 14.7. The third kappa shape index (κ3) is 8.21. The number of allylic oxidation sites excluding steroid dienone is 4. The molecule has 0 radical (unpaired) electrons. The number of aromatic nitrogens is 1. The van der Waals surface area contributed by atoms with Gasteiger partial charge in [-0.05, 0) is 48.7 Å². The van der Waals surface area contributed by atoms with Crippen molar-refractivity contribution in [1.82, 2.24) is 4.57 Å². The third-order valence-electron chi connectivity index (χ3n) is 6.97. The van der Waals surface area contributed by atoms with E-state index in [2.05, 4.69) is 154 Å². The second-order valence-corrected chi connectivity index (χ2v) is 9.69.